The summed E-state index contributed by atoms with van der Waals surface area (Å²) in [6.07, 6.45) is 0. The maximum atomic E-state index is 13.6. The van der Waals surface area contributed by atoms with E-state index in [1.807, 2.05) is 13.0 Å². The molecule has 0 radical (unpaired) electrons. The second-order valence-electron chi connectivity index (χ2n) is 3.59. The second-order valence-corrected chi connectivity index (χ2v) is 4.51. The summed E-state index contributed by atoms with van der Waals surface area (Å²) in [5, 5.41) is 0. The molecule has 0 aliphatic rings. The van der Waals surface area contributed by atoms with Gasteiger partial charge in [-0.3, -0.25) is 0 Å². The Balaban J connectivity index is 2.40. The predicted molar refractivity (Wildman–Crippen MR) is 63.6 cm³/mol. The molecule has 0 saturated carbocycles. The van der Waals surface area contributed by atoms with E-state index in [0.717, 1.165) is 10.2 Å². The minimum absolute atomic E-state index is 0.329. The lowest BCUT2D eigenvalue weighted by atomic mass is 10.1. The summed E-state index contributed by atoms with van der Waals surface area (Å²) in [4.78, 5) is 0. The Morgan fingerprint density at radius 3 is 2.69 bits per heavy atom. The molecule has 84 valence electrons. The van der Waals surface area contributed by atoms with Gasteiger partial charge in [-0.15, -0.1) is 0 Å². The van der Waals surface area contributed by atoms with Crippen molar-refractivity contribution in [1.29, 1.82) is 0 Å². The van der Waals surface area contributed by atoms with Crippen LogP contribution in [0.25, 0.3) is 0 Å². The molecule has 4 heteroatoms. The smallest absolute Gasteiger partial charge is 0.128 e. The topological polar surface area (TPSA) is 39.2 Å². The summed E-state index contributed by atoms with van der Waals surface area (Å²) in [5.41, 5.74) is 6.36. The molecule has 0 amide bonds. The Kier molecular flexibility index (Phi) is 3.12. The lowest BCUT2D eigenvalue weighted by Gasteiger charge is -2.10. The van der Waals surface area contributed by atoms with Crippen molar-refractivity contribution in [1.82, 2.24) is 0 Å². The van der Waals surface area contributed by atoms with E-state index < -0.39 is 6.04 Å². The van der Waals surface area contributed by atoms with E-state index in [1.54, 1.807) is 18.2 Å². The fourth-order valence-electron chi connectivity index (χ4n) is 1.53. The van der Waals surface area contributed by atoms with Crippen LogP contribution in [0.3, 0.4) is 0 Å². The molecule has 2 N–H and O–H groups in total. The Hall–Kier alpha value is -1.13. The van der Waals surface area contributed by atoms with Crippen LogP contribution in [0.2, 0.25) is 0 Å². The van der Waals surface area contributed by atoms with Gasteiger partial charge in [0.25, 0.3) is 0 Å². The van der Waals surface area contributed by atoms with Crippen molar-refractivity contribution in [2.75, 3.05) is 0 Å². The van der Waals surface area contributed by atoms with Crippen LogP contribution in [0.5, 0.6) is 0 Å². The van der Waals surface area contributed by atoms with Crippen LogP contribution in [0, 0.1) is 12.7 Å². The summed E-state index contributed by atoms with van der Waals surface area (Å²) >= 11 is 3.29. The van der Waals surface area contributed by atoms with Crippen LogP contribution in [0.4, 0.5) is 4.39 Å². The molecule has 1 aromatic carbocycles. The number of furan rings is 1. The van der Waals surface area contributed by atoms with Gasteiger partial charge in [0.2, 0.25) is 0 Å². The van der Waals surface area contributed by atoms with Gasteiger partial charge in [0.1, 0.15) is 17.3 Å². The summed E-state index contributed by atoms with van der Waals surface area (Å²) in [5.74, 6) is 1.00. The standard InChI is InChI=1S/C12H11BrFNO/c1-7-2-5-11(16-7)12(15)9-6-8(13)3-4-10(9)14/h2-6,12H,15H2,1H3. The highest BCUT2D eigenvalue weighted by Gasteiger charge is 2.16. The van der Waals surface area contributed by atoms with E-state index in [0.29, 0.717) is 11.3 Å². The van der Waals surface area contributed by atoms with Crippen LogP contribution in [-0.4, -0.2) is 0 Å². The molecule has 0 fully saturated rings. The van der Waals surface area contributed by atoms with Gasteiger partial charge in [-0.25, -0.2) is 4.39 Å². The zero-order chi connectivity index (χ0) is 11.7. The summed E-state index contributed by atoms with van der Waals surface area (Å²) < 4.78 is 19.8. The normalized spacial score (nSPS) is 12.8. The van der Waals surface area contributed by atoms with E-state index in [2.05, 4.69) is 15.9 Å². The molecule has 2 aromatic rings. The minimum atomic E-state index is -0.578. The first-order chi connectivity index (χ1) is 7.58. The molecule has 1 aromatic heterocycles. The number of hydrogen-bond acceptors (Lipinski definition) is 2. The number of aryl methyl sites for hydroxylation is 1. The Labute approximate surface area is 101 Å². The van der Waals surface area contributed by atoms with Crippen molar-refractivity contribution in [3.8, 4) is 0 Å². The molecule has 2 rings (SSSR count). The highest BCUT2D eigenvalue weighted by Crippen LogP contribution is 2.26. The third kappa shape index (κ3) is 2.18. The van der Waals surface area contributed by atoms with Crippen LogP contribution < -0.4 is 5.73 Å². The van der Waals surface area contributed by atoms with Gasteiger partial charge in [0.05, 0.1) is 6.04 Å². The molecule has 1 heterocycles. The first-order valence-electron chi connectivity index (χ1n) is 4.85. The van der Waals surface area contributed by atoms with Crippen LogP contribution >= 0.6 is 15.9 Å². The van der Waals surface area contributed by atoms with Crippen molar-refractivity contribution < 1.29 is 8.81 Å². The summed E-state index contributed by atoms with van der Waals surface area (Å²) in [6, 6.07) is 7.68. The molecular weight excluding hydrogens is 273 g/mol. The number of hydrogen-bond donors (Lipinski definition) is 1. The van der Waals surface area contributed by atoms with Gasteiger partial charge >= 0.3 is 0 Å². The molecule has 0 saturated heterocycles. The highest BCUT2D eigenvalue weighted by molar-refractivity contribution is 9.10. The van der Waals surface area contributed by atoms with Gasteiger partial charge < -0.3 is 10.2 Å². The van der Waals surface area contributed by atoms with Crippen LogP contribution in [0.15, 0.2) is 39.2 Å². The van der Waals surface area contributed by atoms with Crippen molar-refractivity contribution in [3.63, 3.8) is 0 Å². The van der Waals surface area contributed by atoms with E-state index in [9.17, 15) is 4.39 Å². The maximum absolute atomic E-state index is 13.6. The molecular formula is C12H11BrFNO. The SMILES string of the molecule is Cc1ccc(C(N)c2cc(Br)ccc2F)o1. The molecule has 0 spiro atoms. The molecule has 16 heavy (non-hydrogen) atoms. The van der Waals surface area contributed by atoms with E-state index >= 15 is 0 Å². The van der Waals surface area contributed by atoms with Gasteiger partial charge in [-0.2, -0.15) is 0 Å². The Morgan fingerprint density at radius 1 is 1.31 bits per heavy atom. The molecule has 2 nitrogen and oxygen atoms in total. The van der Waals surface area contributed by atoms with Crippen molar-refractivity contribution >= 4 is 15.9 Å². The average Bonchev–Trinajstić information content (AvgIpc) is 2.67. The predicted octanol–water partition coefficient (Wildman–Crippen LogP) is 3.54. The molecule has 0 aliphatic carbocycles. The zero-order valence-corrected chi connectivity index (χ0v) is 10.3. The summed E-state index contributed by atoms with van der Waals surface area (Å²) in [6.45, 7) is 1.83. The van der Waals surface area contributed by atoms with Crippen molar-refractivity contribution in [3.05, 3.63) is 57.7 Å². The van der Waals surface area contributed by atoms with Gasteiger partial charge in [0.15, 0.2) is 0 Å². The fourth-order valence-corrected chi connectivity index (χ4v) is 1.91. The monoisotopic (exact) mass is 283 g/mol. The fraction of sp³-hybridized carbons (Fsp3) is 0.167. The quantitative estimate of drug-likeness (QED) is 0.916. The van der Waals surface area contributed by atoms with Gasteiger partial charge in [0, 0.05) is 10.0 Å². The second kappa shape index (κ2) is 4.39. The Morgan fingerprint density at radius 2 is 2.06 bits per heavy atom. The number of rotatable bonds is 2. The van der Waals surface area contributed by atoms with Crippen LogP contribution in [-0.2, 0) is 0 Å². The minimum Gasteiger partial charge on any atom is -0.464 e. The third-order valence-electron chi connectivity index (χ3n) is 2.36. The Bertz CT molecular complexity index is 509. The average molecular weight is 284 g/mol. The molecule has 1 atom stereocenters. The first kappa shape index (κ1) is 11.4. The van der Waals surface area contributed by atoms with E-state index in [4.69, 9.17) is 10.2 Å². The van der Waals surface area contributed by atoms with Crippen molar-refractivity contribution in [2.45, 2.75) is 13.0 Å². The number of benzene rings is 1. The molecule has 1 unspecified atom stereocenters. The lowest BCUT2D eigenvalue weighted by molar-refractivity contribution is 0.459. The third-order valence-corrected chi connectivity index (χ3v) is 2.85. The highest BCUT2D eigenvalue weighted by atomic mass is 79.9. The zero-order valence-electron chi connectivity index (χ0n) is 8.71. The maximum Gasteiger partial charge on any atom is 0.128 e. The molecule has 0 bridgehead atoms. The van der Waals surface area contributed by atoms with E-state index in [1.165, 1.54) is 6.07 Å². The van der Waals surface area contributed by atoms with Gasteiger partial charge in [-0.05, 0) is 37.3 Å². The molecule has 0 aliphatic heterocycles. The number of nitrogens with two attached hydrogens (primary N) is 1. The number of halogens is 2. The first-order valence-corrected chi connectivity index (χ1v) is 5.64. The van der Waals surface area contributed by atoms with Crippen molar-refractivity contribution in [2.24, 2.45) is 5.73 Å². The lowest BCUT2D eigenvalue weighted by Crippen LogP contribution is -2.12. The summed E-state index contributed by atoms with van der Waals surface area (Å²) in [7, 11) is 0. The van der Waals surface area contributed by atoms with E-state index in [-0.39, 0.29) is 5.82 Å². The van der Waals surface area contributed by atoms with Gasteiger partial charge in [-0.1, -0.05) is 15.9 Å². The van der Waals surface area contributed by atoms with Crippen LogP contribution in [0.1, 0.15) is 23.1 Å². The largest absolute Gasteiger partial charge is 0.464 e.